The molecule has 26 heavy (non-hydrogen) atoms. The van der Waals surface area contributed by atoms with E-state index in [4.69, 9.17) is 27.9 Å². The first-order chi connectivity index (χ1) is 12.4. The van der Waals surface area contributed by atoms with Crippen LogP contribution in [-0.2, 0) is 14.6 Å². The van der Waals surface area contributed by atoms with Crippen molar-refractivity contribution in [2.45, 2.75) is 12.5 Å². The molecule has 1 fully saturated rings. The van der Waals surface area contributed by atoms with Crippen LogP contribution >= 0.6 is 23.2 Å². The van der Waals surface area contributed by atoms with Crippen molar-refractivity contribution >= 4 is 44.6 Å². The molecule has 2 aromatic carbocycles. The van der Waals surface area contributed by atoms with E-state index in [2.05, 4.69) is 0 Å². The molecule has 1 saturated heterocycles. The maximum absolute atomic E-state index is 12.8. The van der Waals surface area contributed by atoms with Gasteiger partial charge in [-0.15, -0.1) is 0 Å². The van der Waals surface area contributed by atoms with Crippen molar-refractivity contribution in [3.05, 3.63) is 58.6 Å². The van der Waals surface area contributed by atoms with Gasteiger partial charge in [0.15, 0.2) is 16.4 Å². The Balaban J connectivity index is 1.79. The first-order valence-electron chi connectivity index (χ1n) is 8.01. The van der Waals surface area contributed by atoms with E-state index < -0.39 is 15.9 Å². The second-order valence-corrected chi connectivity index (χ2v) is 9.09. The average molecular weight is 414 g/mol. The third kappa shape index (κ3) is 4.50. The molecule has 1 atom stereocenters. The van der Waals surface area contributed by atoms with E-state index in [1.165, 1.54) is 11.0 Å². The normalized spacial score (nSPS) is 18.5. The number of hydrogen-bond donors (Lipinski definition) is 0. The van der Waals surface area contributed by atoms with Crippen LogP contribution in [0.3, 0.4) is 0 Å². The van der Waals surface area contributed by atoms with Crippen molar-refractivity contribution in [2.24, 2.45) is 0 Å². The molecule has 0 radical (unpaired) electrons. The maximum Gasteiger partial charge on any atom is 0.265 e. The fraction of sp³-hybridized carbons (Fsp3) is 0.278. The number of halogens is 2. The van der Waals surface area contributed by atoms with E-state index in [-0.39, 0.29) is 24.0 Å². The van der Waals surface area contributed by atoms with Crippen molar-refractivity contribution in [3.8, 4) is 5.75 Å². The zero-order chi connectivity index (χ0) is 18.7. The average Bonchev–Trinajstić information content (AvgIpc) is 2.95. The van der Waals surface area contributed by atoms with Gasteiger partial charge in [-0.3, -0.25) is 4.79 Å². The molecule has 5 nitrogen and oxygen atoms in total. The minimum absolute atomic E-state index is 0.0463. The number of hydrogen-bond acceptors (Lipinski definition) is 4. The fourth-order valence-electron chi connectivity index (χ4n) is 2.93. The molecule has 138 valence electrons. The van der Waals surface area contributed by atoms with Gasteiger partial charge >= 0.3 is 0 Å². The zero-order valence-electron chi connectivity index (χ0n) is 13.8. The molecule has 0 aliphatic carbocycles. The number of sulfone groups is 1. The number of carbonyl (C=O) groups excluding carboxylic acids is 1. The zero-order valence-corrected chi connectivity index (χ0v) is 16.1. The Morgan fingerprint density at radius 3 is 2.50 bits per heavy atom. The number of anilines is 1. The van der Waals surface area contributed by atoms with Gasteiger partial charge < -0.3 is 9.64 Å². The topological polar surface area (TPSA) is 63.7 Å². The Bertz CT molecular complexity index is 903. The Morgan fingerprint density at radius 2 is 1.88 bits per heavy atom. The van der Waals surface area contributed by atoms with Crippen LogP contribution in [0.2, 0.25) is 10.0 Å². The molecule has 0 spiro atoms. The molecule has 8 heteroatoms. The number of para-hydroxylation sites is 1. The Morgan fingerprint density at radius 1 is 1.15 bits per heavy atom. The van der Waals surface area contributed by atoms with E-state index >= 15 is 0 Å². The lowest BCUT2D eigenvalue weighted by molar-refractivity contribution is -0.121. The van der Waals surface area contributed by atoms with Crippen LogP contribution < -0.4 is 9.64 Å². The minimum atomic E-state index is -3.13. The van der Waals surface area contributed by atoms with Gasteiger partial charge in [-0.25, -0.2) is 8.42 Å². The van der Waals surface area contributed by atoms with Crippen LogP contribution in [0, 0.1) is 0 Å². The summed E-state index contributed by atoms with van der Waals surface area (Å²) in [5, 5.41) is 0.774. The Kier molecular flexibility index (Phi) is 5.75. The molecular weight excluding hydrogens is 397 g/mol. The van der Waals surface area contributed by atoms with Gasteiger partial charge in [-0.2, -0.15) is 0 Å². The van der Waals surface area contributed by atoms with Gasteiger partial charge in [0.2, 0.25) is 0 Å². The van der Waals surface area contributed by atoms with E-state index in [1.807, 2.05) is 6.07 Å². The van der Waals surface area contributed by atoms with Crippen molar-refractivity contribution < 1.29 is 17.9 Å². The summed E-state index contributed by atoms with van der Waals surface area (Å²) in [6, 6.07) is 13.3. The van der Waals surface area contributed by atoms with Crippen LogP contribution in [-0.4, -0.2) is 38.5 Å². The first-order valence-corrected chi connectivity index (χ1v) is 10.6. The van der Waals surface area contributed by atoms with Gasteiger partial charge in [0, 0.05) is 10.7 Å². The summed E-state index contributed by atoms with van der Waals surface area (Å²) < 4.78 is 29.2. The van der Waals surface area contributed by atoms with Crippen LogP contribution in [0.15, 0.2) is 48.5 Å². The van der Waals surface area contributed by atoms with Crippen LogP contribution in [0.4, 0.5) is 5.69 Å². The van der Waals surface area contributed by atoms with Gasteiger partial charge in [0.05, 0.1) is 22.6 Å². The largest absolute Gasteiger partial charge is 0.482 e. The Hall–Kier alpha value is -1.76. The number of ether oxygens (including phenoxy) is 1. The van der Waals surface area contributed by atoms with Gasteiger partial charge in [-0.05, 0) is 36.8 Å². The van der Waals surface area contributed by atoms with E-state index in [0.717, 1.165) is 0 Å². The van der Waals surface area contributed by atoms with E-state index in [9.17, 15) is 13.2 Å². The third-order valence-electron chi connectivity index (χ3n) is 4.12. The molecule has 0 N–H and O–H groups in total. The minimum Gasteiger partial charge on any atom is -0.482 e. The number of amides is 1. The second-order valence-electron chi connectivity index (χ2n) is 6.02. The molecule has 0 bridgehead atoms. The highest BCUT2D eigenvalue weighted by Gasteiger charge is 2.35. The highest BCUT2D eigenvalue weighted by atomic mass is 35.5. The molecule has 3 rings (SSSR count). The summed E-state index contributed by atoms with van der Waals surface area (Å²) >= 11 is 11.9. The number of carbonyl (C=O) groups is 1. The molecule has 2 aromatic rings. The summed E-state index contributed by atoms with van der Waals surface area (Å²) in [6.07, 6.45) is 0.407. The van der Waals surface area contributed by atoms with Crippen molar-refractivity contribution in [2.75, 3.05) is 23.0 Å². The van der Waals surface area contributed by atoms with E-state index in [1.54, 1.807) is 36.4 Å². The quantitative estimate of drug-likeness (QED) is 0.750. The molecule has 0 aromatic heterocycles. The monoisotopic (exact) mass is 413 g/mol. The van der Waals surface area contributed by atoms with Crippen molar-refractivity contribution in [1.82, 2.24) is 0 Å². The molecule has 0 saturated carbocycles. The van der Waals surface area contributed by atoms with Crippen LogP contribution in [0.25, 0.3) is 0 Å². The molecule has 1 aliphatic heterocycles. The molecule has 0 unspecified atom stereocenters. The van der Waals surface area contributed by atoms with Crippen molar-refractivity contribution in [1.29, 1.82) is 0 Å². The molecule has 1 heterocycles. The number of benzene rings is 2. The lowest BCUT2D eigenvalue weighted by Gasteiger charge is -2.28. The standard InChI is InChI=1S/C18H17Cl2NO4S/c19-13-6-7-17(16(20)10-13)25-11-18(22)21(14-4-2-1-3-5-14)15-8-9-26(23,24)12-15/h1-7,10,15H,8-9,11-12H2/t15-/m1/s1. The van der Waals surface area contributed by atoms with Crippen LogP contribution in [0.1, 0.15) is 6.42 Å². The fourth-order valence-corrected chi connectivity index (χ4v) is 5.09. The van der Waals surface area contributed by atoms with Gasteiger partial charge in [0.25, 0.3) is 5.91 Å². The summed E-state index contributed by atoms with van der Waals surface area (Å²) in [5.41, 5.74) is 0.644. The highest BCUT2D eigenvalue weighted by molar-refractivity contribution is 7.91. The predicted molar refractivity (Wildman–Crippen MR) is 103 cm³/mol. The third-order valence-corrected chi connectivity index (χ3v) is 6.40. The van der Waals surface area contributed by atoms with E-state index in [0.29, 0.717) is 27.9 Å². The maximum atomic E-state index is 12.8. The lowest BCUT2D eigenvalue weighted by Crippen LogP contribution is -2.43. The van der Waals surface area contributed by atoms with Gasteiger partial charge in [-0.1, -0.05) is 41.4 Å². The summed E-state index contributed by atoms with van der Waals surface area (Å²) in [4.78, 5) is 14.3. The summed E-state index contributed by atoms with van der Waals surface area (Å²) in [5.74, 6) is 0.0498. The summed E-state index contributed by atoms with van der Waals surface area (Å²) in [6.45, 7) is -0.257. The second kappa shape index (κ2) is 7.86. The lowest BCUT2D eigenvalue weighted by atomic mass is 10.2. The van der Waals surface area contributed by atoms with Gasteiger partial charge in [0.1, 0.15) is 5.75 Å². The molecule has 1 amide bonds. The Labute approximate surface area is 162 Å². The highest BCUT2D eigenvalue weighted by Crippen LogP contribution is 2.28. The smallest absolute Gasteiger partial charge is 0.265 e. The number of rotatable bonds is 5. The number of nitrogens with zero attached hydrogens (tertiary/aromatic N) is 1. The summed E-state index contributed by atoms with van der Waals surface area (Å²) in [7, 11) is -3.13. The molecular formula is C18H17Cl2NO4S. The van der Waals surface area contributed by atoms with Crippen molar-refractivity contribution in [3.63, 3.8) is 0 Å². The SMILES string of the molecule is O=C(COc1ccc(Cl)cc1Cl)N(c1ccccc1)[C@@H]1CCS(=O)(=O)C1. The first kappa shape index (κ1) is 19.0. The predicted octanol–water partition coefficient (Wildman–Crippen LogP) is 3.59. The molecule has 1 aliphatic rings. The van der Waals surface area contributed by atoms with Crippen LogP contribution in [0.5, 0.6) is 5.75 Å².